The predicted octanol–water partition coefficient (Wildman–Crippen LogP) is 3.75. The summed E-state index contributed by atoms with van der Waals surface area (Å²) in [5.41, 5.74) is 1.18. The lowest BCUT2D eigenvalue weighted by Gasteiger charge is -2.27. The van der Waals surface area contributed by atoms with Crippen molar-refractivity contribution in [1.82, 2.24) is 19.5 Å². The molecule has 0 unspecified atom stereocenters. The molecule has 3 aromatic rings. The standard InChI is InChI=1S/C16H17BrN4OS/c1-10-18-16-21(19-10)15(22)14(23-16)13(20-7-2-3-8-20)11-5-4-6-12(17)9-11/h4-6,9,13,22H,2-3,7-8H2,1H3/t13-/m1/s1. The lowest BCUT2D eigenvalue weighted by molar-refractivity contribution is 0.277. The Kier molecular flexibility index (Phi) is 3.87. The third kappa shape index (κ3) is 2.66. The smallest absolute Gasteiger partial charge is 0.230 e. The summed E-state index contributed by atoms with van der Waals surface area (Å²) in [5.74, 6) is 0.890. The minimum atomic E-state index is 0.0452. The predicted molar refractivity (Wildman–Crippen MR) is 94.1 cm³/mol. The highest BCUT2D eigenvalue weighted by molar-refractivity contribution is 9.10. The first-order chi connectivity index (χ1) is 11.1. The molecule has 0 aliphatic carbocycles. The Morgan fingerprint density at radius 3 is 2.78 bits per heavy atom. The molecular weight excluding hydrogens is 376 g/mol. The molecule has 0 spiro atoms. The van der Waals surface area contributed by atoms with E-state index in [1.54, 1.807) is 4.52 Å². The molecular formula is C16H17BrN4OS. The van der Waals surface area contributed by atoms with E-state index in [1.165, 1.54) is 29.7 Å². The van der Waals surface area contributed by atoms with Gasteiger partial charge in [0.05, 0.1) is 10.9 Å². The van der Waals surface area contributed by atoms with Crippen LogP contribution in [0.3, 0.4) is 0 Å². The molecule has 1 fully saturated rings. The van der Waals surface area contributed by atoms with Gasteiger partial charge in [-0.15, -0.1) is 5.10 Å². The highest BCUT2D eigenvalue weighted by Gasteiger charge is 2.31. The Labute approximate surface area is 146 Å². The van der Waals surface area contributed by atoms with Crippen LogP contribution in [-0.4, -0.2) is 37.7 Å². The Bertz CT molecular complexity index is 853. The van der Waals surface area contributed by atoms with E-state index >= 15 is 0 Å². The zero-order valence-corrected chi connectivity index (χ0v) is 15.1. The van der Waals surface area contributed by atoms with E-state index in [0.717, 1.165) is 27.4 Å². The molecule has 0 bridgehead atoms. The summed E-state index contributed by atoms with van der Waals surface area (Å²) in [7, 11) is 0. The average molecular weight is 393 g/mol. The molecule has 1 aliphatic rings. The molecule has 1 aliphatic heterocycles. The number of halogens is 1. The molecule has 1 atom stereocenters. The molecule has 1 saturated heterocycles. The SMILES string of the molecule is Cc1nc2sc([C@@H](c3cccc(Br)c3)N3CCCC3)c(O)n2n1. The largest absolute Gasteiger partial charge is 0.492 e. The number of thiazole rings is 1. The van der Waals surface area contributed by atoms with Crippen LogP contribution in [0.4, 0.5) is 0 Å². The van der Waals surface area contributed by atoms with Crippen molar-refractivity contribution < 1.29 is 5.11 Å². The van der Waals surface area contributed by atoms with Crippen molar-refractivity contribution in [3.8, 4) is 5.88 Å². The van der Waals surface area contributed by atoms with Crippen molar-refractivity contribution >= 4 is 32.2 Å². The van der Waals surface area contributed by atoms with E-state index in [9.17, 15) is 5.11 Å². The lowest BCUT2D eigenvalue weighted by Crippen LogP contribution is -2.26. The number of hydrogen-bond acceptors (Lipinski definition) is 5. The highest BCUT2D eigenvalue weighted by Crippen LogP contribution is 2.41. The van der Waals surface area contributed by atoms with Gasteiger partial charge in [-0.1, -0.05) is 39.4 Å². The Morgan fingerprint density at radius 1 is 1.30 bits per heavy atom. The van der Waals surface area contributed by atoms with Crippen LogP contribution in [0.25, 0.3) is 4.96 Å². The van der Waals surface area contributed by atoms with E-state index < -0.39 is 0 Å². The fraction of sp³-hybridized carbons (Fsp3) is 0.375. The van der Waals surface area contributed by atoms with Gasteiger partial charge in [0, 0.05) is 4.47 Å². The van der Waals surface area contributed by atoms with Crippen LogP contribution in [0.1, 0.15) is 35.1 Å². The van der Waals surface area contributed by atoms with Crippen LogP contribution in [0.5, 0.6) is 5.88 Å². The number of rotatable bonds is 3. The molecule has 23 heavy (non-hydrogen) atoms. The molecule has 5 nitrogen and oxygen atoms in total. The monoisotopic (exact) mass is 392 g/mol. The summed E-state index contributed by atoms with van der Waals surface area (Å²) >= 11 is 5.08. The second-order valence-corrected chi connectivity index (χ2v) is 7.77. The lowest BCUT2D eigenvalue weighted by atomic mass is 10.0. The van der Waals surface area contributed by atoms with Gasteiger partial charge in [-0.2, -0.15) is 4.52 Å². The second-order valence-electron chi connectivity index (χ2n) is 5.84. The number of aromatic nitrogens is 3. The number of nitrogens with zero attached hydrogens (tertiary/aromatic N) is 4. The number of likely N-dealkylation sites (tertiary alicyclic amines) is 1. The van der Waals surface area contributed by atoms with E-state index in [0.29, 0.717) is 5.82 Å². The van der Waals surface area contributed by atoms with Gasteiger partial charge < -0.3 is 5.11 Å². The van der Waals surface area contributed by atoms with Crippen molar-refractivity contribution in [2.45, 2.75) is 25.8 Å². The normalized spacial score (nSPS) is 17.1. The van der Waals surface area contributed by atoms with Crippen LogP contribution in [0.15, 0.2) is 28.7 Å². The number of benzene rings is 1. The number of fused-ring (bicyclic) bond motifs is 1. The third-order valence-electron chi connectivity index (χ3n) is 4.22. The third-order valence-corrected chi connectivity index (χ3v) is 5.79. The molecule has 1 aromatic carbocycles. The minimum Gasteiger partial charge on any atom is -0.492 e. The van der Waals surface area contributed by atoms with Crippen LogP contribution >= 0.6 is 27.3 Å². The van der Waals surface area contributed by atoms with Crippen LogP contribution in [-0.2, 0) is 0 Å². The van der Waals surface area contributed by atoms with Crippen LogP contribution in [0, 0.1) is 6.92 Å². The van der Waals surface area contributed by atoms with Gasteiger partial charge in [0.2, 0.25) is 10.8 Å². The van der Waals surface area contributed by atoms with Gasteiger partial charge in [0.15, 0.2) is 0 Å². The molecule has 7 heteroatoms. The Balaban J connectivity index is 1.86. The number of aromatic hydroxyl groups is 1. The molecule has 120 valence electrons. The zero-order valence-electron chi connectivity index (χ0n) is 12.7. The van der Waals surface area contributed by atoms with Crippen molar-refractivity contribution in [2.24, 2.45) is 0 Å². The summed E-state index contributed by atoms with van der Waals surface area (Å²) in [6.07, 6.45) is 2.40. The topological polar surface area (TPSA) is 53.7 Å². The van der Waals surface area contributed by atoms with Crippen molar-refractivity contribution in [1.29, 1.82) is 0 Å². The molecule has 0 amide bonds. The van der Waals surface area contributed by atoms with Gasteiger partial charge in [0.25, 0.3) is 0 Å². The van der Waals surface area contributed by atoms with Crippen LogP contribution < -0.4 is 0 Å². The minimum absolute atomic E-state index is 0.0452. The summed E-state index contributed by atoms with van der Waals surface area (Å²) in [5, 5.41) is 15.0. The van der Waals surface area contributed by atoms with Crippen molar-refractivity contribution in [2.75, 3.05) is 13.1 Å². The maximum Gasteiger partial charge on any atom is 0.230 e. The number of aryl methyl sites for hydroxylation is 1. The zero-order chi connectivity index (χ0) is 16.0. The Hall–Kier alpha value is -1.44. The summed E-state index contributed by atoms with van der Waals surface area (Å²) in [4.78, 5) is 8.49. The van der Waals surface area contributed by atoms with Crippen molar-refractivity contribution in [3.05, 3.63) is 45.0 Å². The van der Waals surface area contributed by atoms with E-state index in [4.69, 9.17) is 0 Å². The quantitative estimate of drug-likeness (QED) is 0.737. The van der Waals surface area contributed by atoms with Gasteiger partial charge in [0.1, 0.15) is 5.82 Å². The number of hydrogen-bond donors (Lipinski definition) is 1. The Morgan fingerprint density at radius 2 is 2.09 bits per heavy atom. The van der Waals surface area contributed by atoms with Gasteiger partial charge in [-0.05, 0) is 50.6 Å². The summed E-state index contributed by atoms with van der Waals surface area (Å²) < 4.78 is 2.60. The van der Waals surface area contributed by atoms with Gasteiger partial charge in [-0.3, -0.25) is 4.90 Å². The first-order valence-corrected chi connectivity index (χ1v) is 9.29. The average Bonchev–Trinajstić information content (AvgIpc) is 3.21. The molecule has 0 radical (unpaired) electrons. The molecule has 2 aromatic heterocycles. The van der Waals surface area contributed by atoms with Gasteiger partial charge in [-0.25, -0.2) is 4.98 Å². The molecule has 1 N–H and O–H groups in total. The molecule has 0 saturated carbocycles. The highest BCUT2D eigenvalue weighted by atomic mass is 79.9. The fourth-order valence-corrected chi connectivity index (χ4v) is 4.81. The van der Waals surface area contributed by atoms with E-state index in [1.807, 2.05) is 19.1 Å². The second kappa shape index (κ2) is 5.89. The fourth-order valence-electron chi connectivity index (χ4n) is 3.23. The first-order valence-electron chi connectivity index (χ1n) is 7.68. The van der Waals surface area contributed by atoms with Crippen LogP contribution in [0.2, 0.25) is 0 Å². The summed E-state index contributed by atoms with van der Waals surface area (Å²) in [6.45, 7) is 3.93. The molecule has 3 heterocycles. The summed E-state index contributed by atoms with van der Waals surface area (Å²) in [6, 6.07) is 8.36. The van der Waals surface area contributed by atoms with Gasteiger partial charge >= 0.3 is 0 Å². The first kappa shape index (κ1) is 15.1. The maximum absolute atomic E-state index is 10.7. The van der Waals surface area contributed by atoms with Crippen molar-refractivity contribution in [3.63, 3.8) is 0 Å². The van der Waals surface area contributed by atoms with E-state index in [-0.39, 0.29) is 11.9 Å². The maximum atomic E-state index is 10.7. The molecule has 4 rings (SSSR count). The van der Waals surface area contributed by atoms with E-state index in [2.05, 4.69) is 43.0 Å².